The third-order valence-electron chi connectivity index (χ3n) is 5.13. The molecule has 2 aromatic carbocycles. The number of nitrogens with one attached hydrogen (secondary N) is 1. The van der Waals surface area contributed by atoms with Gasteiger partial charge in [-0.2, -0.15) is 5.10 Å². The molecule has 1 aliphatic rings. The van der Waals surface area contributed by atoms with Gasteiger partial charge in [-0.3, -0.25) is 9.48 Å². The van der Waals surface area contributed by atoms with Crippen LogP contribution < -0.4 is 10.1 Å². The number of amides is 1. The first-order chi connectivity index (χ1) is 14.3. The molecule has 0 radical (unpaired) electrons. The maximum absolute atomic E-state index is 13.3. The van der Waals surface area contributed by atoms with Crippen LogP contribution >= 0.6 is 0 Å². The van der Waals surface area contributed by atoms with Crippen LogP contribution in [0, 0.1) is 0 Å². The number of furan rings is 1. The molecule has 0 spiro atoms. The zero-order chi connectivity index (χ0) is 19.6. The number of benzene rings is 2. The minimum Gasteiger partial charge on any atom is -0.467 e. The molecule has 1 atom stereocenters. The standard InChI is InChI=1S/C23H19N3O3/c27-23(24-15-18(21-11-5-14-28-21)26-13-6-12-25-26)22-16-7-1-3-9-19(16)29-20-10-4-2-8-17(20)22/h1-14,18,22H,15H2,(H,24,27)/t18-/m0/s1. The smallest absolute Gasteiger partial charge is 0.232 e. The molecule has 1 aliphatic heterocycles. The summed E-state index contributed by atoms with van der Waals surface area (Å²) in [5.74, 6) is 1.63. The van der Waals surface area contributed by atoms with Gasteiger partial charge in [0.15, 0.2) is 0 Å². The highest BCUT2D eigenvalue weighted by molar-refractivity contribution is 5.89. The summed E-state index contributed by atoms with van der Waals surface area (Å²) in [6, 6.07) is 20.7. The van der Waals surface area contributed by atoms with Gasteiger partial charge in [-0.1, -0.05) is 36.4 Å². The predicted molar refractivity (Wildman–Crippen MR) is 107 cm³/mol. The zero-order valence-corrected chi connectivity index (χ0v) is 15.6. The molecule has 1 amide bonds. The molecule has 0 bridgehead atoms. The van der Waals surface area contributed by atoms with Crippen LogP contribution in [0.3, 0.4) is 0 Å². The summed E-state index contributed by atoms with van der Waals surface area (Å²) in [5.41, 5.74) is 1.72. The molecule has 144 valence electrons. The third-order valence-corrected chi connectivity index (χ3v) is 5.13. The fourth-order valence-electron chi connectivity index (χ4n) is 3.76. The van der Waals surface area contributed by atoms with Crippen molar-refractivity contribution < 1.29 is 13.9 Å². The lowest BCUT2D eigenvalue weighted by molar-refractivity contribution is -0.121. The van der Waals surface area contributed by atoms with Crippen LogP contribution in [0.1, 0.15) is 28.8 Å². The third kappa shape index (κ3) is 3.18. The molecule has 0 saturated carbocycles. The van der Waals surface area contributed by atoms with Gasteiger partial charge in [0.05, 0.1) is 12.2 Å². The van der Waals surface area contributed by atoms with Gasteiger partial charge in [-0.15, -0.1) is 0 Å². The first-order valence-corrected chi connectivity index (χ1v) is 9.47. The first kappa shape index (κ1) is 17.3. The van der Waals surface area contributed by atoms with Gasteiger partial charge in [0, 0.05) is 30.1 Å². The van der Waals surface area contributed by atoms with E-state index in [2.05, 4.69) is 10.4 Å². The van der Waals surface area contributed by atoms with E-state index < -0.39 is 5.92 Å². The second kappa shape index (κ2) is 7.31. The maximum Gasteiger partial charge on any atom is 0.232 e. The summed E-state index contributed by atoms with van der Waals surface area (Å²) >= 11 is 0. The van der Waals surface area contributed by atoms with Crippen LogP contribution in [0.25, 0.3) is 0 Å². The average molecular weight is 385 g/mol. The Morgan fingerprint density at radius 2 is 1.72 bits per heavy atom. The summed E-state index contributed by atoms with van der Waals surface area (Å²) in [7, 11) is 0. The SMILES string of the molecule is O=C(NC[C@@H](c1ccco1)n1cccn1)C1c2ccccc2Oc2ccccc21. The van der Waals surface area contributed by atoms with Crippen molar-refractivity contribution in [3.63, 3.8) is 0 Å². The predicted octanol–water partition coefficient (Wildman–Crippen LogP) is 4.12. The van der Waals surface area contributed by atoms with Crippen molar-refractivity contribution in [2.75, 3.05) is 6.54 Å². The van der Waals surface area contributed by atoms with Crippen LogP contribution in [0.15, 0.2) is 89.8 Å². The summed E-state index contributed by atoms with van der Waals surface area (Å²) < 4.78 is 13.4. The van der Waals surface area contributed by atoms with Gasteiger partial charge in [0.1, 0.15) is 23.3 Å². The lowest BCUT2D eigenvalue weighted by atomic mass is 9.87. The molecule has 0 aliphatic carbocycles. The molecule has 1 N–H and O–H groups in total. The number of nitrogens with zero attached hydrogens (tertiary/aromatic N) is 2. The van der Waals surface area contributed by atoms with E-state index in [0.29, 0.717) is 18.0 Å². The number of fused-ring (bicyclic) bond motifs is 2. The lowest BCUT2D eigenvalue weighted by Gasteiger charge is -2.28. The molecule has 6 nitrogen and oxygen atoms in total. The van der Waals surface area contributed by atoms with Crippen molar-refractivity contribution in [3.05, 3.63) is 102 Å². The van der Waals surface area contributed by atoms with Crippen molar-refractivity contribution in [1.82, 2.24) is 15.1 Å². The molecule has 29 heavy (non-hydrogen) atoms. The van der Waals surface area contributed by atoms with Crippen molar-refractivity contribution in [2.45, 2.75) is 12.0 Å². The Morgan fingerprint density at radius 1 is 1.00 bits per heavy atom. The Kier molecular flexibility index (Phi) is 4.37. The van der Waals surface area contributed by atoms with Gasteiger partial charge in [0.2, 0.25) is 5.91 Å². The second-order valence-corrected chi connectivity index (χ2v) is 6.87. The summed E-state index contributed by atoms with van der Waals surface area (Å²) in [6.07, 6.45) is 5.19. The Balaban J connectivity index is 1.44. The highest BCUT2D eigenvalue weighted by atomic mass is 16.5. The fraction of sp³-hybridized carbons (Fsp3) is 0.130. The molecule has 5 rings (SSSR count). The van der Waals surface area contributed by atoms with E-state index >= 15 is 0 Å². The molecular weight excluding hydrogens is 366 g/mol. The highest BCUT2D eigenvalue weighted by Crippen LogP contribution is 2.43. The minimum atomic E-state index is -0.439. The quantitative estimate of drug-likeness (QED) is 0.561. The molecule has 0 fully saturated rings. The second-order valence-electron chi connectivity index (χ2n) is 6.87. The van der Waals surface area contributed by atoms with E-state index in [9.17, 15) is 4.79 Å². The van der Waals surface area contributed by atoms with Crippen molar-refractivity contribution in [3.8, 4) is 11.5 Å². The minimum absolute atomic E-state index is 0.0862. The monoisotopic (exact) mass is 385 g/mol. The zero-order valence-electron chi connectivity index (χ0n) is 15.6. The average Bonchev–Trinajstić information content (AvgIpc) is 3.47. The first-order valence-electron chi connectivity index (χ1n) is 9.47. The van der Waals surface area contributed by atoms with E-state index in [-0.39, 0.29) is 11.9 Å². The lowest BCUT2D eigenvalue weighted by Crippen LogP contribution is -2.36. The number of ether oxygens (including phenoxy) is 1. The maximum atomic E-state index is 13.3. The normalized spacial score (nSPS) is 13.8. The summed E-state index contributed by atoms with van der Waals surface area (Å²) in [6.45, 7) is 0.357. The van der Waals surface area contributed by atoms with Gasteiger partial charge in [-0.05, 0) is 30.3 Å². The molecule has 4 aromatic rings. The van der Waals surface area contributed by atoms with Gasteiger partial charge in [-0.25, -0.2) is 0 Å². The summed E-state index contributed by atoms with van der Waals surface area (Å²) in [5, 5.41) is 7.42. The van der Waals surface area contributed by atoms with E-state index in [1.54, 1.807) is 17.1 Å². The molecule has 3 heterocycles. The topological polar surface area (TPSA) is 69.3 Å². The largest absolute Gasteiger partial charge is 0.467 e. The van der Waals surface area contributed by atoms with Gasteiger partial charge >= 0.3 is 0 Å². The van der Waals surface area contributed by atoms with E-state index in [0.717, 1.165) is 16.9 Å². The van der Waals surface area contributed by atoms with E-state index in [4.69, 9.17) is 9.15 Å². The van der Waals surface area contributed by atoms with Crippen LogP contribution in [-0.2, 0) is 4.79 Å². The number of carbonyl (C=O) groups excluding carboxylic acids is 1. The van der Waals surface area contributed by atoms with Crippen molar-refractivity contribution in [2.24, 2.45) is 0 Å². The van der Waals surface area contributed by atoms with Crippen molar-refractivity contribution >= 4 is 5.91 Å². The van der Waals surface area contributed by atoms with Gasteiger partial charge in [0.25, 0.3) is 0 Å². The number of hydrogen-bond acceptors (Lipinski definition) is 4. The van der Waals surface area contributed by atoms with Crippen LogP contribution in [-0.4, -0.2) is 22.2 Å². The number of aromatic nitrogens is 2. The number of para-hydroxylation sites is 2. The van der Waals surface area contributed by atoms with Crippen LogP contribution in [0.4, 0.5) is 0 Å². The van der Waals surface area contributed by atoms with Crippen molar-refractivity contribution in [1.29, 1.82) is 0 Å². The molecular formula is C23H19N3O3. The molecule has 6 heteroatoms. The van der Waals surface area contributed by atoms with E-state index in [1.807, 2.05) is 72.9 Å². The van der Waals surface area contributed by atoms with Crippen LogP contribution in [0.2, 0.25) is 0 Å². The molecule has 0 saturated heterocycles. The Labute approximate surface area is 167 Å². The van der Waals surface area contributed by atoms with Crippen LogP contribution in [0.5, 0.6) is 11.5 Å². The highest BCUT2D eigenvalue weighted by Gasteiger charge is 2.32. The van der Waals surface area contributed by atoms with E-state index in [1.165, 1.54) is 0 Å². The Hall–Kier alpha value is -3.80. The molecule has 2 aromatic heterocycles. The summed E-state index contributed by atoms with van der Waals surface area (Å²) in [4.78, 5) is 13.3. The fourth-order valence-corrected chi connectivity index (χ4v) is 3.76. The number of carbonyl (C=O) groups is 1. The number of rotatable bonds is 5. The Bertz CT molecular complexity index is 1040. The molecule has 0 unspecified atom stereocenters. The van der Waals surface area contributed by atoms with Gasteiger partial charge < -0.3 is 14.5 Å². The Morgan fingerprint density at radius 3 is 2.34 bits per heavy atom. The number of hydrogen-bond donors (Lipinski definition) is 1.